The van der Waals surface area contributed by atoms with Crippen LogP contribution in [0.5, 0.6) is 5.75 Å². The van der Waals surface area contributed by atoms with E-state index in [1.54, 1.807) is 6.07 Å². The predicted octanol–water partition coefficient (Wildman–Crippen LogP) is 3.69. The maximum Gasteiger partial charge on any atom is 0.339 e. The number of amides is 1. The van der Waals surface area contributed by atoms with Crippen molar-refractivity contribution in [2.45, 2.75) is 19.3 Å². The first-order chi connectivity index (χ1) is 14.4. The Hall–Kier alpha value is -3.76. The average Bonchev–Trinajstić information content (AvgIpc) is 3.46. The molecule has 11 heteroatoms. The number of rotatable bonds is 7. The smallest absolute Gasteiger partial charge is 0.339 e. The molecule has 3 aromatic rings. The highest BCUT2D eigenvalue weighted by Gasteiger charge is 2.30. The van der Waals surface area contributed by atoms with Crippen molar-refractivity contribution in [3.05, 3.63) is 35.7 Å². The highest BCUT2D eigenvalue weighted by Crippen LogP contribution is 2.35. The molecule has 1 saturated carbocycles. The topological polar surface area (TPSA) is 129 Å². The number of pyridine rings is 1. The minimum absolute atomic E-state index is 0.0187. The number of ether oxygens (including phenoxy) is 1. The highest BCUT2D eigenvalue weighted by atomic mass is 19.3. The quantitative estimate of drug-likeness (QED) is 0.461. The van der Waals surface area contributed by atoms with Crippen LogP contribution in [0.4, 0.5) is 26.0 Å². The molecule has 0 atom stereocenters. The Morgan fingerprint density at radius 2 is 2.03 bits per heavy atom. The number of para-hydroxylation sites is 1. The molecule has 4 N–H and O–H groups in total. The van der Waals surface area contributed by atoms with Crippen LogP contribution < -0.4 is 15.4 Å². The number of aromatic carboxylic acids is 1. The minimum atomic E-state index is -2.85. The summed E-state index contributed by atoms with van der Waals surface area (Å²) in [6.07, 6.45) is -1.27. The standard InChI is InChI=1S/C19H17F2N5O4/c1-30-14-9(19(28)29)3-2-4-10(14)22-11-7-12(24-18(27)8-5-6-8)23-16-13(11)25-17(26-16)15(20)21/h2-4,7-8,15H,5-6H2,1H3,(H,28,29)(H3,22,23,24,25,26,27). The number of carbonyl (C=O) groups excluding carboxylic acids is 1. The summed E-state index contributed by atoms with van der Waals surface area (Å²) in [4.78, 5) is 34.0. The van der Waals surface area contributed by atoms with Crippen molar-refractivity contribution in [3.63, 3.8) is 0 Å². The second-order valence-electron chi connectivity index (χ2n) is 6.76. The zero-order valence-electron chi connectivity index (χ0n) is 15.7. The Labute approximate surface area is 168 Å². The first-order valence-corrected chi connectivity index (χ1v) is 9.04. The lowest BCUT2D eigenvalue weighted by Gasteiger charge is -2.14. The molecule has 9 nitrogen and oxygen atoms in total. The molecular weight excluding hydrogens is 400 g/mol. The van der Waals surface area contributed by atoms with Gasteiger partial charge < -0.3 is 25.5 Å². The maximum absolute atomic E-state index is 13.2. The Balaban J connectivity index is 1.79. The lowest BCUT2D eigenvalue weighted by Crippen LogP contribution is -2.14. The lowest BCUT2D eigenvalue weighted by molar-refractivity contribution is -0.117. The molecule has 1 amide bonds. The SMILES string of the molecule is COc1c(Nc2cc(NC(=O)C3CC3)nc3nc(C(F)F)[nH]c23)cccc1C(=O)O. The summed E-state index contributed by atoms with van der Waals surface area (Å²) in [7, 11) is 1.32. The summed E-state index contributed by atoms with van der Waals surface area (Å²) in [6, 6.07) is 5.92. The minimum Gasteiger partial charge on any atom is -0.494 e. The molecule has 0 bridgehead atoms. The summed E-state index contributed by atoms with van der Waals surface area (Å²) in [5, 5.41) is 15.0. The fourth-order valence-corrected chi connectivity index (χ4v) is 3.01. The number of methoxy groups -OCH3 is 1. The Kier molecular flexibility index (Phi) is 4.94. The predicted molar refractivity (Wildman–Crippen MR) is 103 cm³/mol. The second-order valence-corrected chi connectivity index (χ2v) is 6.76. The number of H-pyrrole nitrogens is 1. The summed E-state index contributed by atoms with van der Waals surface area (Å²) in [5.41, 5.74) is 0.643. The molecule has 4 rings (SSSR count). The van der Waals surface area contributed by atoms with Crippen LogP contribution in [0.2, 0.25) is 0 Å². The summed E-state index contributed by atoms with van der Waals surface area (Å²) in [6.45, 7) is 0. The van der Waals surface area contributed by atoms with Crippen molar-refractivity contribution in [1.29, 1.82) is 0 Å². The number of hydrogen-bond donors (Lipinski definition) is 4. The van der Waals surface area contributed by atoms with Crippen molar-refractivity contribution in [2.24, 2.45) is 5.92 Å². The van der Waals surface area contributed by atoms with Gasteiger partial charge in [-0.1, -0.05) is 6.07 Å². The lowest BCUT2D eigenvalue weighted by atomic mass is 10.1. The molecular formula is C19H17F2N5O4. The Bertz CT molecular complexity index is 1140. The largest absolute Gasteiger partial charge is 0.494 e. The number of aromatic nitrogens is 3. The number of halogens is 2. The third kappa shape index (κ3) is 3.73. The molecule has 1 fully saturated rings. The van der Waals surface area contributed by atoms with Crippen molar-refractivity contribution < 1.29 is 28.2 Å². The number of nitrogens with zero attached hydrogens (tertiary/aromatic N) is 2. The van der Waals surface area contributed by atoms with Gasteiger partial charge in [-0.3, -0.25) is 4.79 Å². The number of imidazole rings is 1. The Morgan fingerprint density at radius 3 is 2.67 bits per heavy atom. The zero-order valence-corrected chi connectivity index (χ0v) is 15.7. The van der Waals surface area contributed by atoms with Gasteiger partial charge in [-0.2, -0.15) is 0 Å². The van der Waals surface area contributed by atoms with Crippen LogP contribution >= 0.6 is 0 Å². The van der Waals surface area contributed by atoms with Gasteiger partial charge in [0.05, 0.1) is 18.5 Å². The molecule has 0 saturated heterocycles. The van der Waals surface area contributed by atoms with Crippen LogP contribution in [0.25, 0.3) is 11.2 Å². The molecule has 0 spiro atoms. The van der Waals surface area contributed by atoms with Crippen molar-refractivity contribution in [3.8, 4) is 5.75 Å². The number of anilines is 3. The van der Waals surface area contributed by atoms with Gasteiger partial charge in [-0.25, -0.2) is 23.5 Å². The average molecular weight is 417 g/mol. The van der Waals surface area contributed by atoms with Gasteiger partial charge in [-0.15, -0.1) is 0 Å². The molecule has 0 unspecified atom stereocenters. The van der Waals surface area contributed by atoms with Gasteiger partial charge in [0.25, 0.3) is 6.43 Å². The summed E-state index contributed by atoms with van der Waals surface area (Å²) < 4.78 is 31.5. The van der Waals surface area contributed by atoms with E-state index in [-0.39, 0.29) is 51.5 Å². The molecule has 1 aliphatic rings. The van der Waals surface area contributed by atoms with Gasteiger partial charge in [-0.05, 0) is 25.0 Å². The van der Waals surface area contributed by atoms with Gasteiger partial charge in [0.15, 0.2) is 17.2 Å². The van der Waals surface area contributed by atoms with E-state index in [9.17, 15) is 23.5 Å². The monoisotopic (exact) mass is 417 g/mol. The molecule has 2 heterocycles. The van der Waals surface area contributed by atoms with Crippen molar-refractivity contribution in [2.75, 3.05) is 17.7 Å². The first kappa shape index (κ1) is 19.6. The van der Waals surface area contributed by atoms with E-state index < -0.39 is 18.2 Å². The fraction of sp³-hybridized carbons (Fsp3) is 0.263. The number of aromatic amines is 1. The number of carboxylic acids is 1. The third-order valence-corrected chi connectivity index (χ3v) is 4.60. The first-order valence-electron chi connectivity index (χ1n) is 9.04. The number of nitrogens with one attached hydrogen (secondary N) is 3. The molecule has 0 radical (unpaired) electrons. The number of fused-ring (bicyclic) bond motifs is 1. The fourth-order valence-electron chi connectivity index (χ4n) is 3.01. The van der Waals surface area contributed by atoms with E-state index in [2.05, 4.69) is 25.6 Å². The van der Waals surface area contributed by atoms with Crippen LogP contribution in [-0.4, -0.2) is 39.0 Å². The molecule has 0 aliphatic heterocycles. The van der Waals surface area contributed by atoms with Gasteiger partial charge in [0.1, 0.15) is 16.9 Å². The van der Waals surface area contributed by atoms with Crippen LogP contribution in [0.3, 0.4) is 0 Å². The normalized spacial score (nSPS) is 13.5. The summed E-state index contributed by atoms with van der Waals surface area (Å²) >= 11 is 0. The molecule has 1 aromatic carbocycles. The van der Waals surface area contributed by atoms with E-state index in [1.807, 2.05) is 0 Å². The Morgan fingerprint density at radius 1 is 1.27 bits per heavy atom. The van der Waals surface area contributed by atoms with Crippen molar-refractivity contribution in [1.82, 2.24) is 15.0 Å². The number of carbonyl (C=O) groups is 2. The second kappa shape index (κ2) is 7.58. The van der Waals surface area contributed by atoms with E-state index in [1.165, 1.54) is 25.3 Å². The molecule has 156 valence electrons. The number of hydrogen-bond acceptors (Lipinski definition) is 6. The van der Waals surface area contributed by atoms with Gasteiger partial charge in [0, 0.05) is 12.0 Å². The molecule has 30 heavy (non-hydrogen) atoms. The number of carboxylic acid groups (broad SMARTS) is 1. The number of alkyl halides is 2. The van der Waals surface area contributed by atoms with E-state index in [0.29, 0.717) is 0 Å². The van der Waals surface area contributed by atoms with E-state index in [0.717, 1.165) is 12.8 Å². The zero-order chi connectivity index (χ0) is 21.4. The van der Waals surface area contributed by atoms with Crippen molar-refractivity contribution >= 4 is 40.2 Å². The molecule has 2 aromatic heterocycles. The van der Waals surface area contributed by atoms with Crippen LogP contribution in [0, 0.1) is 5.92 Å². The van der Waals surface area contributed by atoms with Gasteiger partial charge in [0.2, 0.25) is 5.91 Å². The summed E-state index contributed by atoms with van der Waals surface area (Å²) in [5.74, 6) is -1.84. The third-order valence-electron chi connectivity index (χ3n) is 4.60. The van der Waals surface area contributed by atoms with Crippen LogP contribution in [0.15, 0.2) is 24.3 Å². The van der Waals surface area contributed by atoms with E-state index in [4.69, 9.17) is 4.74 Å². The van der Waals surface area contributed by atoms with Crippen LogP contribution in [0.1, 0.15) is 35.4 Å². The highest BCUT2D eigenvalue weighted by molar-refractivity contribution is 5.98. The van der Waals surface area contributed by atoms with E-state index >= 15 is 0 Å². The van der Waals surface area contributed by atoms with Crippen LogP contribution in [-0.2, 0) is 4.79 Å². The maximum atomic E-state index is 13.2. The number of benzene rings is 1. The molecule has 1 aliphatic carbocycles. The van der Waals surface area contributed by atoms with Gasteiger partial charge >= 0.3 is 5.97 Å².